The summed E-state index contributed by atoms with van der Waals surface area (Å²) in [6, 6.07) is 4.19. The topological polar surface area (TPSA) is 12.0 Å². The number of nitrogens with one attached hydrogen (secondary N) is 1. The molecule has 21 heavy (non-hydrogen) atoms. The summed E-state index contributed by atoms with van der Waals surface area (Å²) < 4.78 is 27.8. The predicted molar refractivity (Wildman–Crippen MR) is 83.4 cm³/mol. The van der Waals surface area contributed by atoms with Crippen molar-refractivity contribution in [3.8, 4) is 0 Å². The van der Waals surface area contributed by atoms with E-state index in [9.17, 15) is 8.78 Å². The van der Waals surface area contributed by atoms with Gasteiger partial charge in [-0.1, -0.05) is 34.1 Å². The molecule has 0 radical (unpaired) electrons. The molecule has 118 valence electrons. The molecule has 1 N–H and O–H groups in total. The van der Waals surface area contributed by atoms with Crippen molar-refractivity contribution in [1.29, 1.82) is 0 Å². The molecule has 3 heteroatoms. The maximum absolute atomic E-state index is 14.2. The van der Waals surface area contributed by atoms with E-state index in [-0.39, 0.29) is 17.0 Å². The van der Waals surface area contributed by atoms with Crippen molar-refractivity contribution in [3.63, 3.8) is 0 Å². The van der Waals surface area contributed by atoms with Crippen LogP contribution in [0.1, 0.15) is 52.5 Å². The second-order valence-electron chi connectivity index (χ2n) is 7.03. The standard InChI is InChI=1S/C18H27F2N/c1-5-21-17-10-12(2)6-8-14(17)18(3,4)15-11-13(19)7-9-16(15)20/h7,9,11-12,14,17,21H,5-6,8,10H2,1-4H3. The summed E-state index contributed by atoms with van der Waals surface area (Å²) in [5, 5.41) is 3.56. The van der Waals surface area contributed by atoms with E-state index in [1.807, 2.05) is 0 Å². The minimum Gasteiger partial charge on any atom is -0.314 e. The molecule has 0 aromatic heterocycles. The zero-order valence-corrected chi connectivity index (χ0v) is 13.5. The zero-order valence-electron chi connectivity index (χ0n) is 13.5. The summed E-state index contributed by atoms with van der Waals surface area (Å²) in [4.78, 5) is 0. The van der Waals surface area contributed by atoms with Crippen LogP contribution in [0.15, 0.2) is 18.2 Å². The van der Waals surface area contributed by atoms with Crippen molar-refractivity contribution >= 4 is 0 Å². The van der Waals surface area contributed by atoms with Crippen LogP contribution >= 0.6 is 0 Å². The van der Waals surface area contributed by atoms with Gasteiger partial charge in [-0.25, -0.2) is 8.78 Å². The Morgan fingerprint density at radius 2 is 1.95 bits per heavy atom. The summed E-state index contributed by atoms with van der Waals surface area (Å²) in [5.74, 6) is 0.363. The Kier molecular flexibility index (Phi) is 5.03. The highest BCUT2D eigenvalue weighted by Gasteiger charge is 2.40. The Balaban J connectivity index is 2.33. The third-order valence-electron chi connectivity index (χ3n) is 5.13. The van der Waals surface area contributed by atoms with Crippen molar-refractivity contribution in [2.75, 3.05) is 6.54 Å². The van der Waals surface area contributed by atoms with Crippen LogP contribution < -0.4 is 5.32 Å². The van der Waals surface area contributed by atoms with Crippen molar-refractivity contribution < 1.29 is 8.78 Å². The van der Waals surface area contributed by atoms with Gasteiger partial charge in [0.1, 0.15) is 11.6 Å². The smallest absolute Gasteiger partial charge is 0.127 e. The first kappa shape index (κ1) is 16.4. The van der Waals surface area contributed by atoms with Crippen LogP contribution in [0.3, 0.4) is 0 Å². The van der Waals surface area contributed by atoms with Gasteiger partial charge in [-0.2, -0.15) is 0 Å². The maximum Gasteiger partial charge on any atom is 0.127 e. The van der Waals surface area contributed by atoms with E-state index < -0.39 is 0 Å². The lowest BCUT2D eigenvalue weighted by molar-refractivity contribution is 0.144. The molecule has 0 saturated heterocycles. The highest BCUT2D eigenvalue weighted by atomic mass is 19.1. The average Bonchev–Trinajstić information content (AvgIpc) is 2.41. The molecular weight excluding hydrogens is 268 g/mol. The average molecular weight is 295 g/mol. The lowest BCUT2D eigenvalue weighted by Gasteiger charge is -2.45. The molecule has 1 nitrogen and oxygen atoms in total. The van der Waals surface area contributed by atoms with Crippen molar-refractivity contribution in [2.24, 2.45) is 11.8 Å². The van der Waals surface area contributed by atoms with E-state index in [1.54, 1.807) is 0 Å². The SMILES string of the molecule is CCNC1CC(C)CCC1C(C)(C)c1cc(F)ccc1F. The molecule has 1 saturated carbocycles. The second kappa shape index (κ2) is 6.43. The van der Waals surface area contributed by atoms with Gasteiger partial charge in [-0.05, 0) is 60.4 Å². The number of hydrogen-bond donors (Lipinski definition) is 1. The van der Waals surface area contributed by atoms with E-state index >= 15 is 0 Å². The first-order valence-corrected chi connectivity index (χ1v) is 8.05. The van der Waals surface area contributed by atoms with Gasteiger partial charge in [-0.3, -0.25) is 0 Å². The molecule has 1 aliphatic carbocycles. The van der Waals surface area contributed by atoms with Crippen LogP contribution in [0, 0.1) is 23.5 Å². The first-order chi connectivity index (χ1) is 9.86. The molecule has 0 aliphatic heterocycles. The normalized spacial score (nSPS) is 26.9. The summed E-state index contributed by atoms with van der Waals surface area (Å²) in [6.07, 6.45) is 3.33. The van der Waals surface area contributed by atoms with Gasteiger partial charge >= 0.3 is 0 Å². The van der Waals surface area contributed by atoms with Crippen LogP contribution in [0.5, 0.6) is 0 Å². The lowest BCUT2D eigenvalue weighted by atomic mass is 9.63. The Morgan fingerprint density at radius 3 is 2.62 bits per heavy atom. The van der Waals surface area contributed by atoms with Gasteiger partial charge in [0.2, 0.25) is 0 Å². The first-order valence-electron chi connectivity index (χ1n) is 8.05. The highest BCUT2D eigenvalue weighted by molar-refractivity contribution is 5.28. The van der Waals surface area contributed by atoms with E-state index in [4.69, 9.17) is 0 Å². The fraction of sp³-hybridized carbons (Fsp3) is 0.667. The number of benzene rings is 1. The second-order valence-corrected chi connectivity index (χ2v) is 7.03. The Bertz CT molecular complexity index is 484. The molecule has 1 fully saturated rings. The maximum atomic E-state index is 14.2. The van der Waals surface area contributed by atoms with Gasteiger partial charge in [0.25, 0.3) is 0 Å². The van der Waals surface area contributed by atoms with Gasteiger partial charge in [0.15, 0.2) is 0 Å². The summed E-state index contributed by atoms with van der Waals surface area (Å²) in [7, 11) is 0. The highest BCUT2D eigenvalue weighted by Crippen LogP contribution is 2.43. The van der Waals surface area contributed by atoms with Crippen LogP contribution in [0.4, 0.5) is 8.78 Å². The largest absolute Gasteiger partial charge is 0.314 e. The van der Waals surface area contributed by atoms with Crippen molar-refractivity contribution in [1.82, 2.24) is 5.32 Å². The van der Waals surface area contributed by atoms with E-state index in [1.165, 1.54) is 18.2 Å². The predicted octanol–water partition coefficient (Wildman–Crippen LogP) is 4.66. The summed E-state index contributed by atoms with van der Waals surface area (Å²) >= 11 is 0. The molecule has 1 aliphatic rings. The third-order valence-corrected chi connectivity index (χ3v) is 5.13. The van der Waals surface area contributed by atoms with E-state index in [2.05, 4.69) is 33.0 Å². The number of hydrogen-bond acceptors (Lipinski definition) is 1. The Hall–Kier alpha value is -0.960. The minimum absolute atomic E-state index is 0.296. The molecule has 3 unspecified atom stereocenters. The number of rotatable bonds is 4. The van der Waals surface area contributed by atoms with Crippen LogP contribution in [-0.2, 0) is 5.41 Å². The van der Waals surface area contributed by atoms with Crippen molar-refractivity contribution in [2.45, 2.75) is 58.4 Å². The molecule has 3 atom stereocenters. The van der Waals surface area contributed by atoms with Crippen LogP contribution in [0.2, 0.25) is 0 Å². The quantitative estimate of drug-likeness (QED) is 0.852. The van der Waals surface area contributed by atoms with E-state index in [0.29, 0.717) is 23.4 Å². The Labute approximate surface area is 127 Å². The molecule has 0 bridgehead atoms. The lowest BCUT2D eigenvalue weighted by Crippen LogP contribution is -2.48. The van der Waals surface area contributed by atoms with Gasteiger partial charge in [0, 0.05) is 6.04 Å². The zero-order chi connectivity index (χ0) is 15.6. The molecular formula is C18H27F2N. The monoisotopic (exact) mass is 295 g/mol. The summed E-state index contributed by atoms with van der Waals surface area (Å²) in [6.45, 7) is 9.39. The molecule has 0 spiro atoms. The van der Waals surface area contributed by atoms with Gasteiger partial charge in [0.05, 0.1) is 0 Å². The summed E-state index contributed by atoms with van der Waals surface area (Å²) in [5.41, 5.74) is 0.129. The molecule has 1 aromatic rings. The van der Waals surface area contributed by atoms with Crippen molar-refractivity contribution in [3.05, 3.63) is 35.4 Å². The van der Waals surface area contributed by atoms with Crippen LogP contribution in [-0.4, -0.2) is 12.6 Å². The fourth-order valence-electron chi connectivity index (χ4n) is 3.92. The minimum atomic E-state index is -0.376. The molecule has 1 aromatic carbocycles. The molecule has 0 amide bonds. The molecule has 2 rings (SSSR count). The third kappa shape index (κ3) is 3.45. The van der Waals surface area contributed by atoms with Gasteiger partial charge in [-0.15, -0.1) is 0 Å². The Morgan fingerprint density at radius 1 is 1.24 bits per heavy atom. The van der Waals surface area contributed by atoms with Gasteiger partial charge < -0.3 is 5.32 Å². The van der Waals surface area contributed by atoms with Crippen LogP contribution in [0.25, 0.3) is 0 Å². The fourth-order valence-corrected chi connectivity index (χ4v) is 3.92. The number of halogens is 2. The van der Waals surface area contributed by atoms with E-state index in [0.717, 1.165) is 25.8 Å². The molecule has 0 heterocycles.